The van der Waals surface area contributed by atoms with Crippen molar-refractivity contribution in [1.29, 1.82) is 0 Å². The van der Waals surface area contributed by atoms with Crippen LogP contribution in [0, 0.1) is 23.3 Å². The van der Waals surface area contributed by atoms with E-state index in [1.807, 2.05) is 0 Å². The average Bonchev–Trinajstić information content (AvgIpc) is 2.19. The van der Waals surface area contributed by atoms with Crippen LogP contribution < -0.4 is 0 Å². The third-order valence-electron chi connectivity index (χ3n) is 1.39. The Balaban J connectivity index is 3.40. The molecule has 0 heterocycles. The van der Waals surface area contributed by atoms with E-state index in [0.29, 0.717) is 0 Å². The van der Waals surface area contributed by atoms with Gasteiger partial charge in [-0.25, -0.2) is 27.3 Å². The van der Waals surface area contributed by atoms with E-state index >= 15 is 0 Å². The molecule has 0 aromatic heterocycles. The van der Waals surface area contributed by atoms with Crippen LogP contribution in [0.1, 0.15) is 10.4 Å². The summed E-state index contributed by atoms with van der Waals surface area (Å²) in [6.45, 7) is 0. The summed E-state index contributed by atoms with van der Waals surface area (Å²) in [5.41, 5.74) is -1.36. The first kappa shape index (κ1) is 10.4. The molecular weight excluding hydrogens is 211 g/mol. The van der Waals surface area contributed by atoms with Gasteiger partial charge in [-0.2, -0.15) is 0 Å². The summed E-state index contributed by atoms with van der Waals surface area (Å²) in [5, 5.41) is 0. The van der Waals surface area contributed by atoms with Crippen molar-refractivity contribution in [2.45, 2.75) is 0 Å². The maximum atomic E-state index is 12.6. The van der Waals surface area contributed by atoms with Gasteiger partial charge in [-0.3, -0.25) is 0 Å². The van der Waals surface area contributed by atoms with Crippen molar-refractivity contribution in [3.05, 3.63) is 34.9 Å². The number of carbonyl (C=O) groups is 1. The molecule has 0 spiro atoms. The Morgan fingerprint density at radius 2 is 1.64 bits per heavy atom. The molecule has 0 N–H and O–H groups in total. The summed E-state index contributed by atoms with van der Waals surface area (Å²) in [7, 11) is 0. The van der Waals surface area contributed by atoms with Gasteiger partial charge in [0.25, 0.3) is 0 Å². The van der Waals surface area contributed by atoms with Crippen LogP contribution in [-0.4, -0.2) is 5.97 Å². The molecule has 0 unspecified atom stereocenters. The molecule has 0 bridgehead atoms. The highest BCUT2D eigenvalue weighted by molar-refractivity contribution is 5.89. The molecule has 1 aromatic carbocycles. The third kappa shape index (κ3) is 1.52. The lowest BCUT2D eigenvalue weighted by atomic mass is 10.2. The lowest BCUT2D eigenvalue weighted by Gasteiger charge is -2.01. The van der Waals surface area contributed by atoms with Gasteiger partial charge in [-0.05, 0) is 6.07 Å². The van der Waals surface area contributed by atoms with Gasteiger partial charge in [0.05, 0.1) is 0 Å². The van der Waals surface area contributed by atoms with Crippen molar-refractivity contribution in [1.82, 2.24) is 0 Å². The van der Waals surface area contributed by atoms with Gasteiger partial charge in [-0.15, -0.1) is 0 Å². The van der Waals surface area contributed by atoms with E-state index in [-0.39, 0.29) is 6.07 Å². The van der Waals surface area contributed by atoms with Crippen LogP contribution in [0.15, 0.2) is 6.07 Å². The van der Waals surface area contributed by atoms with Crippen LogP contribution in [-0.2, 0) is 4.94 Å². The number of hydrogen-bond acceptors (Lipinski definition) is 2. The Bertz CT molecular complexity index is 390. The van der Waals surface area contributed by atoms with Crippen LogP contribution >= 0.6 is 0 Å². The van der Waals surface area contributed by atoms with Crippen LogP contribution in [0.25, 0.3) is 0 Å². The van der Waals surface area contributed by atoms with Crippen molar-refractivity contribution in [2.24, 2.45) is 0 Å². The molecule has 1 aromatic rings. The van der Waals surface area contributed by atoms with Gasteiger partial charge in [0, 0.05) is 4.53 Å². The molecule has 0 fully saturated rings. The van der Waals surface area contributed by atoms with E-state index in [9.17, 15) is 26.9 Å². The van der Waals surface area contributed by atoms with Gasteiger partial charge in [0.15, 0.2) is 23.3 Å². The smallest absolute Gasteiger partial charge is 0.249 e. The number of halogens is 5. The highest BCUT2D eigenvalue weighted by Gasteiger charge is 2.24. The molecule has 0 aliphatic carbocycles. The average molecular weight is 212 g/mol. The molecule has 0 aliphatic heterocycles. The van der Waals surface area contributed by atoms with E-state index in [1.54, 1.807) is 0 Å². The molecular formula is C7HF5O2. The van der Waals surface area contributed by atoms with Crippen molar-refractivity contribution in [3.8, 4) is 0 Å². The summed E-state index contributed by atoms with van der Waals surface area (Å²) in [6, 6.07) is -0.00431. The van der Waals surface area contributed by atoms with E-state index in [4.69, 9.17) is 0 Å². The van der Waals surface area contributed by atoms with Gasteiger partial charge in [-0.1, -0.05) is 0 Å². The monoisotopic (exact) mass is 212 g/mol. The third-order valence-corrected chi connectivity index (χ3v) is 1.39. The molecule has 1 rings (SSSR count). The Labute approximate surface area is 73.8 Å². The number of rotatable bonds is 1. The Hall–Kier alpha value is -1.66. The lowest BCUT2D eigenvalue weighted by Crippen LogP contribution is -2.08. The maximum Gasteiger partial charge on any atom is 0.382 e. The Kier molecular flexibility index (Phi) is 2.68. The Morgan fingerprint density at radius 3 is 2.14 bits per heavy atom. The normalized spacial score (nSPS) is 10.1. The summed E-state index contributed by atoms with van der Waals surface area (Å²) >= 11 is 0. The van der Waals surface area contributed by atoms with Gasteiger partial charge in [0.1, 0.15) is 5.56 Å². The minimum atomic E-state index is -2.20. The molecule has 0 saturated heterocycles. The molecule has 0 radical (unpaired) electrons. The molecule has 0 saturated carbocycles. The predicted molar refractivity (Wildman–Crippen MR) is 32.8 cm³/mol. The summed E-state index contributed by atoms with van der Waals surface area (Å²) in [5.74, 6) is -10.1. The first-order valence-electron chi connectivity index (χ1n) is 3.15. The zero-order valence-electron chi connectivity index (χ0n) is 6.28. The quantitative estimate of drug-likeness (QED) is 0.405. The van der Waals surface area contributed by atoms with Gasteiger partial charge >= 0.3 is 5.97 Å². The van der Waals surface area contributed by atoms with Gasteiger partial charge < -0.3 is 0 Å². The van der Waals surface area contributed by atoms with Crippen molar-refractivity contribution < 1.29 is 31.8 Å². The van der Waals surface area contributed by atoms with Crippen LogP contribution in [0.2, 0.25) is 0 Å². The zero-order chi connectivity index (χ0) is 10.9. The maximum absolute atomic E-state index is 12.6. The summed E-state index contributed by atoms with van der Waals surface area (Å²) in [4.78, 5) is 12.9. The summed E-state index contributed by atoms with van der Waals surface area (Å²) in [6.07, 6.45) is 0. The fraction of sp³-hybridized carbons (Fsp3) is 0. The fourth-order valence-electron chi connectivity index (χ4n) is 0.763. The second-order valence-corrected chi connectivity index (χ2v) is 2.21. The fourth-order valence-corrected chi connectivity index (χ4v) is 0.763. The number of carbonyl (C=O) groups excluding carboxylic acids is 1. The van der Waals surface area contributed by atoms with Crippen LogP contribution in [0.5, 0.6) is 0 Å². The first-order chi connectivity index (χ1) is 6.49. The van der Waals surface area contributed by atoms with E-state index < -0.39 is 34.8 Å². The minimum absolute atomic E-state index is 0.00431. The molecule has 0 atom stereocenters. The highest BCUT2D eigenvalue weighted by atomic mass is 19.3. The molecule has 2 nitrogen and oxygen atoms in total. The second kappa shape index (κ2) is 3.60. The highest BCUT2D eigenvalue weighted by Crippen LogP contribution is 2.19. The molecule has 0 amide bonds. The minimum Gasteiger partial charge on any atom is -0.249 e. The summed E-state index contributed by atoms with van der Waals surface area (Å²) < 4.78 is 61.0. The zero-order valence-corrected chi connectivity index (χ0v) is 6.28. The SMILES string of the molecule is O=C(OF)c1cc(F)c(F)c(F)c1F. The van der Waals surface area contributed by atoms with Crippen molar-refractivity contribution in [3.63, 3.8) is 0 Å². The Morgan fingerprint density at radius 1 is 1.07 bits per heavy atom. The molecule has 14 heavy (non-hydrogen) atoms. The second-order valence-electron chi connectivity index (χ2n) is 2.21. The molecule has 0 aliphatic rings. The molecule has 76 valence electrons. The van der Waals surface area contributed by atoms with E-state index in [0.717, 1.165) is 0 Å². The first-order valence-corrected chi connectivity index (χ1v) is 3.15. The lowest BCUT2D eigenvalue weighted by molar-refractivity contribution is -0.0792. The largest absolute Gasteiger partial charge is 0.382 e. The van der Waals surface area contributed by atoms with Gasteiger partial charge in [0.2, 0.25) is 0 Å². The van der Waals surface area contributed by atoms with E-state index in [1.165, 1.54) is 0 Å². The predicted octanol–water partition coefficient (Wildman–Crippen LogP) is 2.28. The standard InChI is InChI=1S/C7HF5O2/c8-3-1-2(7(13)14-12)4(9)6(11)5(3)10/h1H. The van der Waals surface area contributed by atoms with E-state index in [2.05, 4.69) is 4.94 Å². The van der Waals surface area contributed by atoms with Crippen LogP contribution in [0.4, 0.5) is 22.1 Å². The van der Waals surface area contributed by atoms with Crippen molar-refractivity contribution in [2.75, 3.05) is 0 Å². The number of hydrogen-bond donors (Lipinski definition) is 0. The molecule has 7 heteroatoms. The number of benzene rings is 1. The topological polar surface area (TPSA) is 26.3 Å². The van der Waals surface area contributed by atoms with Crippen molar-refractivity contribution >= 4 is 5.97 Å². The van der Waals surface area contributed by atoms with Crippen LogP contribution in [0.3, 0.4) is 0 Å².